The van der Waals surface area contributed by atoms with Gasteiger partial charge in [0.05, 0.1) is 18.4 Å². The topological polar surface area (TPSA) is 81.2 Å². The lowest BCUT2D eigenvalue weighted by Crippen LogP contribution is -2.25. The number of carbonyl (C=O) groups is 1. The van der Waals surface area contributed by atoms with Crippen LogP contribution in [0, 0.1) is 11.6 Å². The van der Waals surface area contributed by atoms with Gasteiger partial charge in [0.25, 0.3) is 5.91 Å². The lowest BCUT2D eigenvalue weighted by Gasteiger charge is -2.07. The van der Waals surface area contributed by atoms with Crippen LogP contribution in [0.5, 0.6) is 0 Å². The summed E-state index contributed by atoms with van der Waals surface area (Å²) in [4.78, 5) is 15.7. The lowest BCUT2D eigenvalue weighted by molar-refractivity contribution is 0.0938. The summed E-state index contributed by atoms with van der Waals surface area (Å²) in [5.74, 6) is -2.04. The maximum absolute atomic E-state index is 13.6. The molecule has 0 radical (unpaired) electrons. The van der Waals surface area contributed by atoms with Crippen molar-refractivity contribution < 1.29 is 18.0 Å². The van der Waals surface area contributed by atoms with Crippen LogP contribution in [-0.2, 0) is 13.0 Å². The number of aryl methyl sites for hydroxylation is 1. The number of nitrogens with zero attached hydrogens (tertiary/aromatic N) is 1. The smallest absolute Gasteiger partial charge is 0.257 e. The normalized spacial score (nSPS) is 10.6. The minimum absolute atomic E-state index is 0.0630. The van der Waals surface area contributed by atoms with Crippen LogP contribution < -0.4 is 11.1 Å². The predicted molar refractivity (Wildman–Crippen MR) is 67.8 cm³/mol. The zero-order valence-corrected chi connectivity index (χ0v) is 10.7. The zero-order chi connectivity index (χ0) is 14.7. The molecule has 0 saturated carbocycles. The number of rotatable bonds is 4. The fourth-order valence-electron chi connectivity index (χ4n) is 1.61. The largest absolute Gasteiger partial charge is 0.444 e. The van der Waals surface area contributed by atoms with Crippen molar-refractivity contribution in [2.45, 2.75) is 19.9 Å². The fourth-order valence-corrected chi connectivity index (χ4v) is 1.61. The Kier molecular flexibility index (Phi) is 3.97. The molecule has 2 aromatic rings. The number of nitrogens with two attached hydrogens (primary N) is 1. The van der Waals surface area contributed by atoms with E-state index in [-0.39, 0.29) is 18.1 Å². The van der Waals surface area contributed by atoms with Gasteiger partial charge in [0, 0.05) is 6.42 Å². The number of carbonyl (C=O) groups excluding carboxylic acids is 1. The van der Waals surface area contributed by atoms with E-state index in [1.54, 1.807) is 0 Å². The standard InChI is InChI=1S/C13H13F2N3O2/c1-2-7-5-17-10(20-7)6-18-13(19)11-8(14)3-4-9(16)12(11)15/h3-5H,2,6,16H2,1H3,(H,18,19). The Balaban J connectivity index is 2.11. The van der Waals surface area contributed by atoms with Crippen molar-refractivity contribution >= 4 is 11.6 Å². The van der Waals surface area contributed by atoms with Crippen LogP contribution in [0.2, 0.25) is 0 Å². The summed E-state index contributed by atoms with van der Waals surface area (Å²) in [7, 11) is 0. The first kappa shape index (κ1) is 14.0. The molecule has 0 aliphatic carbocycles. The predicted octanol–water partition coefficient (Wildman–Crippen LogP) is 2.03. The molecular weight excluding hydrogens is 268 g/mol. The van der Waals surface area contributed by atoms with Gasteiger partial charge in [-0.3, -0.25) is 4.79 Å². The van der Waals surface area contributed by atoms with E-state index in [0.717, 1.165) is 12.1 Å². The molecule has 0 saturated heterocycles. The van der Waals surface area contributed by atoms with Crippen molar-refractivity contribution in [2.75, 3.05) is 5.73 Å². The first-order chi connectivity index (χ1) is 9.52. The van der Waals surface area contributed by atoms with E-state index in [4.69, 9.17) is 10.2 Å². The Morgan fingerprint density at radius 2 is 2.20 bits per heavy atom. The molecule has 5 nitrogen and oxygen atoms in total. The third-order valence-corrected chi connectivity index (χ3v) is 2.70. The maximum atomic E-state index is 13.6. The van der Waals surface area contributed by atoms with E-state index in [1.807, 2.05) is 6.92 Å². The Labute approximate surface area is 113 Å². The highest BCUT2D eigenvalue weighted by atomic mass is 19.1. The van der Waals surface area contributed by atoms with E-state index >= 15 is 0 Å². The Bertz CT molecular complexity index is 641. The molecular formula is C13H13F2N3O2. The minimum Gasteiger partial charge on any atom is -0.444 e. The van der Waals surface area contributed by atoms with Gasteiger partial charge in [-0.05, 0) is 12.1 Å². The summed E-state index contributed by atoms with van der Waals surface area (Å²) < 4.78 is 32.4. The molecule has 1 amide bonds. The first-order valence-electron chi connectivity index (χ1n) is 5.98. The highest BCUT2D eigenvalue weighted by molar-refractivity contribution is 5.95. The highest BCUT2D eigenvalue weighted by Crippen LogP contribution is 2.18. The van der Waals surface area contributed by atoms with Crippen molar-refractivity contribution in [1.29, 1.82) is 0 Å². The molecule has 0 spiro atoms. The first-order valence-corrected chi connectivity index (χ1v) is 5.98. The molecule has 0 bridgehead atoms. The molecule has 1 aromatic heterocycles. The quantitative estimate of drug-likeness (QED) is 0.840. The van der Waals surface area contributed by atoms with Crippen LogP contribution in [-0.4, -0.2) is 10.9 Å². The Morgan fingerprint density at radius 3 is 2.85 bits per heavy atom. The van der Waals surface area contributed by atoms with Crippen LogP contribution in [0.1, 0.15) is 28.9 Å². The van der Waals surface area contributed by atoms with Crippen molar-refractivity contribution in [3.8, 4) is 0 Å². The zero-order valence-electron chi connectivity index (χ0n) is 10.7. The number of aromatic nitrogens is 1. The van der Waals surface area contributed by atoms with Crippen LogP contribution in [0.25, 0.3) is 0 Å². The van der Waals surface area contributed by atoms with Gasteiger partial charge in [-0.2, -0.15) is 0 Å². The molecule has 3 N–H and O–H groups in total. The van der Waals surface area contributed by atoms with Crippen molar-refractivity contribution in [3.63, 3.8) is 0 Å². The van der Waals surface area contributed by atoms with Crippen molar-refractivity contribution in [2.24, 2.45) is 0 Å². The molecule has 0 fully saturated rings. The maximum Gasteiger partial charge on any atom is 0.257 e. The number of amides is 1. The number of anilines is 1. The summed E-state index contributed by atoms with van der Waals surface area (Å²) in [5, 5.41) is 2.33. The van der Waals surface area contributed by atoms with Gasteiger partial charge in [0.15, 0.2) is 5.82 Å². The molecule has 0 unspecified atom stereocenters. The summed E-state index contributed by atoms with van der Waals surface area (Å²) in [6.45, 7) is 1.83. The van der Waals surface area contributed by atoms with E-state index in [2.05, 4.69) is 10.3 Å². The monoisotopic (exact) mass is 281 g/mol. The van der Waals surface area contributed by atoms with Crippen LogP contribution >= 0.6 is 0 Å². The Morgan fingerprint density at radius 1 is 1.45 bits per heavy atom. The van der Waals surface area contributed by atoms with E-state index in [9.17, 15) is 13.6 Å². The second-order valence-corrected chi connectivity index (χ2v) is 4.08. The molecule has 0 aliphatic rings. The number of nitrogen functional groups attached to an aromatic ring is 1. The summed E-state index contributed by atoms with van der Waals surface area (Å²) in [6, 6.07) is 2.00. The highest BCUT2D eigenvalue weighted by Gasteiger charge is 2.19. The van der Waals surface area contributed by atoms with E-state index in [1.165, 1.54) is 6.20 Å². The van der Waals surface area contributed by atoms with Gasteiger partial charge in [-0.25, -0.2) is 13.8 Å². The Hall–Kier alpha value is -2.44. The van der Waals surface area contributed by atoms with Gasteiger partial charge in [0.1, 0.15) is 17.1 Å². The summed E-state index contributed by atoms with van der Waals surface area (Å²) in [6.07, 6.45) is 2.20. The van der Waals surface area contributed by atoms with E-state index in [0.29, 0.717) is 12.2 Å². The number of oxazole rings is 1. The number of halogens is 2. The molecule has 0 atom stereocenters. The molecule has 20 heavy (non-hydrogen) atoms. The van der Waals surface area contributed by atoms with Gasteiger partial charge < -0.3 is 15.5 Å². The van der Waals surface area contributed by atoms with Crippen molar-refractivity contribution in [3.05, 3.63) is 47.2 Å². The van der Waals surface area contributed by atoms with Gasteiger partial charge >= 0.3 is 0 Å². The van der Waals surface area contributed by atoms with Gasteiger partial charge in [-0.15, -0.1) is 0 Å². The van der Waals surface area contributed by atoms with Gasteiger partial charge in [-0.1, -0.05) is 6.92 Å². The number of hydrogen-bond acceptors (Lipinski definition) is 4. The number of nitrogens with one attached hydrogen (secondary N) is 1. The molecule has 2 rings (SSSR count). The SMILES string of the molecule is CCc1cnc(CNC(=O)c2c(F)ccc(N)c2F)o1. The van der Waals surface area contributed by atoms with E-state index < -0.39 is 23.1 Å². The minimum atomic E-state index is -1.08. The van der Waals surface area contributed by atoms with Crippen molar-refractivity contribution in [1.82, 2.24) is 10.3 Å². The average molecular weight is 281 g/mol. The third kappa shape index (κ3) is 2.76. The average Bonchev–Trinajstić information content (AvgIpc) is 2.89. The third-order valence-electron chi connectivity index (χ3n) is 2.70. The molecule has 7 heteroatoms. The number of hydrogen-bond donors (Lipinski definition) is 2. The lowest BCUT2D eigenvalue weighted by atomic mass is 10.1. The molecule has 0 aliphatic heterocycles. The second-order valence-electron chi connectivity index (χ2n) is 4.08. The van der Waals surface area contributed by atoms with Gasteiger partial charge in [0.2, 0.25) is 5.89 Å². The molecule has 1 heterocycles. The fraction of sp³-hybridized carbons (Fsp3) is 0.231. The summed E-state index contributed by atoms with van der Waals surface area (Å²) >= 11 is 0. The second kappa shape index (κ2) is 5.68. The molecule has 1 aromatic carbocycles. The van der Waals surface area contributed by atoms with Crippen LogP contribution in [0.4, 0.5) is 14.5 Å². The summed E-state index contributed by atoms with van der Waals surface area (Å²) in [5.41, 5.74) is 4.30. The van der Waals surface area contributed by atoms with Crippen LogP contribution in [0.3, 0.4) is 0 Å². The van der Waals surface area contributed by atoms with Crippen LogP contribution in [0.15, 0.2) is 22.7 Å². The molecule has 106 valence electrons. The number of benzene rings is 1.